The van der Waals surface area contributed by atoms with Crippen molar-refractivity contribution in [3.8, 4) is 0 Å². The zero-order valence-corrected chi connectivity index (χ0v) is 9.46. The van der Waals surface area contributed by atoms with Gasteiger partial charge in [-0.25, -0.2) is 9.37 Å². The van der Waals surface area contributed by atoms with Gasteiger partial charge in [-0.3, -0.25) is 0 Å². The molecule has 0 fully saturated rings. The lowest BCUT2D eigenvalue weighted by Gasteiger charge is -2.09. The van der Waals surface area contributed by atoms with E-state index in [9.17, 15) is 17.6 Å². The van der Waals surface area contributed by atoms with Gasteiger partial charge in [0.1, 0.15) is 11.5 Å². The number of nitrogens with zero attached hydrogens (tertiary/aromatic N) is 1. The zero-order valence-electron chi connectivity index (χ0n) is 7.95. The van der Waals surface area contributed by atoms with Gasteiger partial charge in [-0.15, -0.1) is 0 Å². The van der Waals surface area contributed by atoms with Crippen molar-refractivity contribution in [2.24, 2.45) is 0 Å². The third-order valence-corrected chi connectivity index (χ3v) is 2.67. The highest BCUT2D eigenvalue weighted by Crippen LogP contribution is 2.35. The van der Waals surface area contributed by atoms with Crippen LogP contribution in [0.1, 0.15) is 5.69 Å². The first-order valence-corrected chi connectivity index (χ1v) is 5.07. The fourth-order valence-electron chi connectivity index (χ4n) is 1.36. The number of alkyl halides is 3. The van der Waals surface area contributed by atoms with Crippen molar-refractivity contribution in [1.29, 1.82) is 0 Å². The molecule has 0 radical (unpaired) electrons. The molecule has 0 saturated heterocycles. The third kappa shape index (κ3) is 2.30. The normalized spacial score (nSPS) is 12.1. The summed E-state index contributed by atoms with van der Waals surface area (Å²) in [5.41, 5.74) is -1.34. The Hall–Kier alpha value is -1.07. The predicted octanol–water partition coefficient (Wildman–Crippen LogP) is 4.70. The van der Waals surface area contributed by atoms with Crippen molar-refractivity contribution in [3.63, 3.8) is 0 Å². The van der Waals surface area contributed by atoms with E-state index in [2.05, 4.69) is 4.98 Å². The molecule has 1 aromatic heterocycles. The van der Waals surface area contributed by atoms with Gasteiger partial charge in [0.25, 0.3) is 0 Å². The Morgan fingerprint density at radius 1 is 1.00 bits per heavy atom. The molecule has 0 N–H and O–H groups in total. The van der Waals surface area contributed by atoms with Crippen LogP contribution in [-0.4, -0.2) is 4.98 Å². The number of fused-ring (bicyclic) bond motifs is 1. The second kappa shape index (κ2) is 3.99. The summed E-state index contributed by atoms with van der Waals surface area (Å²) in [6.07, 6.45) is -4.63. The topological polar surface area (TPSA) is 12.9 Å². The summed E-state index contributed by atoms with van der Waals surface area (Å²) in [6.45, 7) is 0. The van der Waals surface area contributed by atoms with Crippen LogP contribution in [0.3, 0.4) is 0 Å². The highest BCUT2D eigenvalue weighted by molar-refractivity contribution is 6.39. The summed E-state index contributed by atoms with van der Waals surface area (Å²) in [4.78, 5) is 3.34. The second-order valence-corrected chi connectivity index (χ2v) is 4.09. The van der Waals surface area contributed by atoms with E-state index in [1.54, 1.807) is 0 Å². The minimum absolute atomic E-state index is 0.0460. The lowest BCUT2D eigenvalue weighted by Crippen LogP contribution is -2.08. The van der Waals surface area contributed by atoms with Gasteiger partial charge in [0.15, 0.2) is 0 Å². The van der Waals surface area contributed by atoms with E-state index < -0.39 is 17.7 Å². The molecule has 0 unspecified atom stereocenters. The maximum absolute atomic E-state index is 13.0. The Labute approximate surface area is 103 Å². The quantitative estimate of drug-likeness (QED) is 0.639. The van der Waals surface area contributed by atoms with Gasteiger partial charge in [0, 0.05) is 5.39 Å². The molecule has 0 amide bonds. The van der Waals surface area contributed by atoms with Crippen molar-refractivity contribution in [2.45, 2.75) is 6.18 Å². The lowest BCUT2D eigenvalue weighted by molar-refractivity contribution is -0.140. The van der Waals surface area contributed by atoms with Crippen LogP contribution in [0.4, 0.5) is 17.6 Å². The molecule has 0 bridgehead atoms. The van der Waals surface area contributed by atoms with Crippen LogP contribution in [0.15, 0.2) is 18.2 Å². The van der Waals surface area contributed by atoms with E-state index >= 15 is 0 Å². The Balaban J connectivity index is 2.83. The van der Waals surface area contributed by atoms with Crippen LogP contribution >= 0.6 is 23.2 Å². The first kappa shape index (κ1) is 12.4. The number of halogens is 6. The maximum Gasteiger partial charge on any atom is 0.433 e. The van der Waals surface area contributed by atoms with Crippen LogP contribution in [0.25, 0.3) is 10.9 Å². The second-order valence-electron chi connectivity index (χ2n) is 3.27. The summed E-state index contributed by atoms with van der Waals surface area (Å²) in [5, 5.41) is -0.415. The average molecular weight is 284 g/mol. The van der Waals surface area contributed by atoms with E-state index in [1.165, 1.54) is 0 Å². The van der Waals surface area contributed by atoms with Crippen LogP contribution < -0.4 is 0 Å². The minimum Gasteiger partial charge on any atom is -0.242 e. The molecule has 2 aromatic rings. The van der Waals surface area contributed by atoms with Gasteiger partial charge in [-0.05, 0) is 18.2 Å². The number of aromatic nitrogens is 1. The van der Waals surface area contributed by atoms with Gasteiger partial charge >= 0.3 is 6.18 Å². The monoisotopic (exact) mass is 283 g/mol. The maximum atomic E-state index is 13.0. The summed E-state index contributed by atoms with van der Waals surface area (Å²) >= 11 is 11.3. The first-order chi connectivity index (χ1) is 7.79. The smallest absolute Gasteiger partial charge is 0.242 e. The summed E-state index contributed by atoms with van der Waals surface area (Å²) in [6, 6.07) is 2.50. The van der Waals surface area contributed by atoms with Gasteiger partial charge in [0.05, 0.1) is 15.6 Å². The fourth-order valence-corrected chi connectivity index (χ4v) is 1.85. The van der Waals surface area contributed by atoms with Crippen molar-refractivity contribution >= 4 is 34.1 Å². The molecule has 2 rings (SSSR count). The number of hydrogen-bond acceptors (Lipinski definition) is 1. The number of benzene rings is 1. The van der Waals surface area contributed by atoms with Crippen molar-refractivity contribution in [2.75, 3.05) is 0 Å². The Kier molecular flexibility index (Phi) is 2.91. The molecule has 0 aliphatic heterocycles. The zero-order chi connectivity index (χ0) is 12.8. The van der Waals surface area contributed by atoms with Crippen molar-refractivity contribution in [1.82, 2.24) is 4.98 Å². The van der Waals surface area contributed by atoms with Crippen LogP contribution in [0.2, 0.25) is 10.0 Å². The molecule has 1 heterocycles. The average Bonchev–Trinajstić information content (AvgIpc) is 2.17. The SMILES string of the molecule is Fc1cc(Cl)c2nc(C(F)(F)F)cc(Cl)c2c1. The number of hydrogen-bond donors (Lipinski definition) is 0. The fraction of sp³-hybridized carbons (Fsp3) is 0.100. The van der Waals surface area contributed by atoms with E-state index in [1.807, 2.05) is 0 Å². The molecule has 0 saturated carbocycles. The van der Waals surface area contributed by atoms with E-state index in [-0.39, 0.29) is 20.9 Å². The summed E-state index contributed by atoms with van der Waals surface area (Å²) < 4.78 is 50.4. The van der Waals surface area contributed by atoms with Gasteiger partial charge < -0.3 is 0 Å². The molecular formula is C10H3Cl2F4N. The third-order valence-electron chi connectivity index (χ3n) is 2.07. The molecule has 7 heteroatoms. The predicted molar refractivity (Wildman–Crippen MR) is 56.7 cm³/mol. The van der Waals surface area contributed by atoms with Crippen LogP contribution in [0.5, 0.6) is 0 Å². The Morgan fingerprint density at radius 2 is 1.65 bits per heavy atom. The summed E-state index contributed by atoms with van der Waals surface area (Å²) in [7, 11) is 0. The van der Waals surface area contributed by atoms with Gasteiger partial charge in [-0.1, -0.05) is 23.2 Å². The number of rotatable bonds is 0. The first-order valence-electron chi connectivity index (χ1n) is 4.31. The molecule has 0 spiro atoms. The number of pyridine rings is 1. The lowest BCUT2D eigenvalue weighted by atomic mass is 10.2. The molecule has 90 valence electrons. The highest BCUT2D eigenvalue weighted by atomic mass is 35.5. The molecule has 1 nitrogen and oxygen atoms in total. The van der Waals surface area contributed by atoms with E-state index in [4.69, 9.17) is 23.2 Å². The molecule has 0 aliphatic carbocycles. The minimum atomic E-state index is -4.63. The van der Waals surface area contributed by atoms with E-state index in [0.717, 1.165) is 12.1 Å². The highest BCUT2D eigenvalue weighted by Gasteiger charge is 2.33. The van der Waals surface area contributed by atoms with Crippen LogP contribution in [-0.2, 0) is 6.18 Å². The van der Waals surface area contributed by atoms with Gasteiger partial charge in [-0.2, -0.15) is 13.2 Å². The Bertz CT molecular complexity index is 595. The van der Waals surface area contributed by atoms with Gasteiger partial charge in [0.2, 0.25) is 0 Å². The molecule has 0 atom stereocenters. The Morgan fingerprint density at radius 3 is 2.24 bits per heavy atom. The van der Waals surface area contributed by atoms with Crippen molar-refractivity contribution < 1.29 is 17.6 Å². The van der Waals surface area contributed by atoms with E-state index in [0.29, 0.717) is 6.07 Å². The van der Waals surface area contributed by atoms with Crippen molar-refractivity contribution in [3.05, 3.63) is 39.8 Å². The molecular weight excluding hydrogens is 281 g/mol. The standard InChI is InChI=1S/C10H3Cl2F4N/c11-6-3-8(10(14,15)16)17-9-5(6)1-4(13)2-7(9)12/h1-3H. The molecule has 1 aromatic carbocycles. The molecule has 0 aliphatic rings. The van der Waals surface area contributed by atoms with Crippen LogP contribution in [0, 0.1) is 5.82 Å². The summed E-state index contributed by atoms with van der Waals surface area (Å²) in [5.74, 6) is -0.689. The largest absolute Gasteiger partial charge is 0.433 e. The molecule has 17 heavy (non-hydrogen) atoms.